The molecule has 3 N–H and O–H groups in total. The van der Waals surface area contributed by atoms with Crippen LogP contribution in [0.2, 0.25) is 0 Å². The Bertz CT molecular complexity index is 542. The summed E-state index contributed by atoms with van der Waals surface area (Å²) in [7, 11) is 2.00. The van der Waals surface area contributed by atoms with Crippen LogP contribution < -0.4 is 10.6 Å². The second-order valence-electron chi connectivity index (χ2n) is 5.42. The van der Waals surface area contributed by atoms with Crippen molar-refractivity contribution in [3.05, 3.63) is 29.3 Å². The molecule has 0 aromatic heterocycles. The maximum absolute atomic E-state index is 13.1. The van der Waals surface area contributed by atoms with E-state index in [0.29, 0.717) is 18.8 Å². The fourth-order valence-corrected chi connectivity index (χ4v) is 2.48. The monoisotopic (exact) mass is 300 g/mol. The molecule has 0 radical (unpaired) electrons. The zero-order valence-corrected chi connectivity index (χ0v) is 12.0. The number of hydrogen-bond donors (Lipinski definition) is 2. The highest BCUT2D eigenvalue weighted by Gasteiger charge is 2.35. The van der Waals surface area contributed by atoms with E-state index in [1.807, 2.05) is 18.9 Å². The van der Waals surface area contributed by atoms with E-state index in [1.54, 1.807) is 6.07 Å². The summed E-state index contributed by atoms with van der Waals surface area (Å²) < 4.78 is 39.3. The van der Waals surface area contributed by atoms with E-state index in [-0.39, 0.29) is 11.6 Å². The van der Waals surface area contributed by atoms with E-state index < -0.39 is 17.6 Å². The van der Waals surface area contributed by atoms with Crippen molar-refractivity contribution in [3.63, 3.8) is 0 Å². The molecule has 7 heteroatoms. The zero-order chi connectivity index (χ0) is 15.8. The van der Waals surface area contributed by atoms with Gasteiger partial charge in [0.05, 0.1) is 5.56 Å². The molecule has 1 saturated heterocycles. The Labute approximate surface area is 121 Å². The minimum absolute atomic E-state index is 0.270. The molecule has 4 nitrogen and oxygen atoms in total. The van der Waals surface area contributed by atoms with Crippen LogP contribution in [0.5, 0.6) is 0 Å². The van der Waals surface area contributed by atoms with Crippen LogP contribution in [-0.4, -0.2) is 43.5 Å². The van der Waals surface area contributed by atoms with Crippen molar-refractivity contribution in [1.82, 2.24) is 4.90 Å². The lowest BCUT2D eigenvalue weighted by atomic mass is 10.0. The number of nitrogens with two attached hydrogens (primary N) is 1. The third kappa shape index (κ3) is 3.29. The van der Waals surface area contributed by atoms with E-state index in [9.17, 15) is 13.2 Å². The molecule has 21 heavy (non-hydrogen) atoms. The van der Waals surface area contributed by atoms with Crippen LogP contribution in [0, 0.1) is 5.41 Å². The van der Waals surface area contributed by atoms with Gasteiger partial charge in [-0.15, -0.1) is 0 Å². The predicted octanol–water partition coefficient (Wildman–Crippen LogP) is 2.13. The summed E-state index contributed by atoms with van der Waals surface area (Å²) in [5.74, 6) is -0.569. The number of amidine groups is 1. The maximum Gasteiger partial charge on any atom is 0.417 e. The highest BCUT2D eigenvalue weighted by Crippen LogP contribution is 2.35. The van der Waals surface area contributed by atoms with Crippen molar-refractivity contribution in [2.24, 2.45) is 5.73 Å². The fourth-order valence-electron chi connectivity index (χ4n) is 2.48. The molecule has 1 heterocycles. The Morgan fingerprint density at radius 2 is 2.00 bits per heavy atom. The molecule has 0 aliphatic carbocycles. The van der Waals surface area contributed by atoms with Crippen LogP contribution in [0.4, 0.5) is 18.9 Å². The molecule has 2 rings (SSSR count). The first-order valence-corrected chi connectivity index (χ1v) is 6.71. The second kappa shape index (κ2) is 5.55. The van der Waals surface area contributed by atoms with Gasteiger partial charge in [0.1, 0.15) is 5.84 Å². The fraction of sp³-hybridized carbons (Fsp3) is 0.500. The lowest BCUT2D eigenvalue weighted by Crippen LogP contribution is -2.50. The normalized spacial score (nSPS) is 20.6. The number of nitrogens with one attached hydrogen (secondary N) is 1. The molecule has 1 aliphatic rings. The highest BCUT2D eigenvalue weighted by atomic mass is 19.4. The predicted molar refractivity (Wildman–Crippen MR) is 76.8 cm³/mol. The summed E-state index contributed by atoms with van der Waals surface area (Å²) in [5.41, 5.74) is 4.65. The molecule has 1 unspecified atom stereocenters. The SMILES string of the molecule is CC1CN(c2ccc(C(=N)N)c(C(F)(F)F)c2)CCN1C. The number of piperazine rings is 1. The lowest BCUT2D eigenvalue weighted by Gasteiger charge is -2.39. The first-order chi connectivity index (χ1) is 9.70. The van der Waals surface area contributed by atoms with Gasteiger partial charge in [-0.25, -0.2) is 0 Å². The van der Waals surface area contributed by atoms with E-state index in [0.717, 1.165) is 12.6 Å². The quantitative estimate of drug-likeness (QED) is 0.650. The Morgan fingerprint density at radius 1 is 1.33 bits per heavy atom. The molecule has 1 aliphatic heterocycles. The van der Waals surface area contributed by atoms with Crippen LogP contribution in [0.1, 0.15) is 18.1 Å². The second-order valence-corrected chi connectivity index (χ2v) is 5.42. The number of nitrogens with zero attached hydrogens (tertiary/aromatic N) is 2. The summed E-state index contributed by atoms with van der Waals surface area (Å²) in [6, 6.07) is 4.25. The Morgan fingerprint density at radius 3 is 2.52 bits per heavy atom. The summed E-state index contributed by atoms with van der Waals surface area (Å²) in [6.07, 6.45) is -4.52. The number of anilines is 1. The molecule has 0 bridgehead atoms. The Balaban J connectivity index is 2.36. The highest BCUT2D eigenvalue weighted by molar-refractivity contribution is 5.97. The van der Waals surface area contributed by atoms with Gasteiger partial charge in [0, 0.05) is 36.9 Å². The molecule has 1 fully saturated rings. The van der Waals surface area contributed by atoms with Crippen molar-refractivity contribution in [1.29, 1.82) is 5.41 Å². The van der Waals surface area contributed by atoms with E-state index >= 15 is 0 Å². The van der Waals surface area contributed by atoms with Gasteiger partial charge in [-0.2, -0.15) is 13.2 Å². The minimum Gasteiger partial charge on any atom is -0.384 e. The number of alkyl halides is 3. The first kappa shape index (κ1) is 15.6. The van der Waals surface area contributed by atoms with Gasteiger partial charge < -0.3 is 15.5 Å². The number of benzene rings is 1. The van der Waals surface area contributed by atoms with Crippen LogP contribution in [0.15, 0.2) is 18.2 Å². The average Bonchev–Trinajstić information content (AvgIpc) is 2.40. The van der Waals surface area contributed by atoms with Crippen LogP contribution in [0.25, 0.3) is 0 Å². The van der Waals surface area contributed by atoms with Gasteiger partial charge >= 0.3 is 6.18 Å². The van der Waals surface area contributed by atoms with Crippen LogP contribution in [0.3, 0.4) is 0 Å². The van der Waals surface area contributed by atoms with Crippen molar-refractivity contribution in [3.8, 4) is 0 Å². The standard InChI is InChI=1S/C14H19F3N4/c1-9-8-21(6-5-20(9)2)10-3-4-11(13(18)19)12(7-10)14(15,16)17/h3-4,7,9H,5-6,8H2,1-2H3,(H3,18,19). The maximum atomic E-state index is 13.1. The Hall–Kier alpha value is -1.76. The summed E-state index contributed by atoms with van der Waals surface area (Å²) in [5, 5.41) is 7.29. The number of halogens is 3. The number of hydrogen-bond acceptors (Lipinski definition) is 3. The molecule has 1 aromatic carbocycles. The molecule has 0 amide bonds. The first-order valence-electron chi connectivity index (χ1n) is 6.71. The molecule has 116 valence electrons. The third-order valence-electron chi connectivity index (χ3n) is 3.92. The van der Waals surface area contributed by atoms with Gasteiger partial charge in [0.2, 0.25) is 0 Å². The molecule has 1 atom stereocenters. The minimum atomic E-state index is -4.52. The number of likely N-dealkylation sites (N-methyl/N-ethyl adjacent to an activating group) is 1. The number of nitrogen functional groups attached to an aromatic ring is 1. The molecular weight excluding hydrogens is 281 g/mol. The molecular formula is C14H19F3N4. The average molecular weight is 300 g/mol. The zero-order valence-electron chi connectivity index (χ0n) is 12.0. The largest absolute Gasteiger partial charge is 0.417 e. The van der Waals surface area contributed by atoms with Crippen LogP contribution in [-0.2, 0) is 6.18 Å². The van der Waals surface area contributed by atoms with Gasteiger partial charge in [0.25, 0.3) is 0 Å². The molecule has 0 spiro atoms. The Kier molecular flexibility index (Phi) is 4.13. The van der Waals surface area contributed by atoms with E-state index in [1.165, 1.54) is 6.07 Å². The summed E-state index contributed by atoms with van der Waals surface area (Å²) >= 11 is 0. The molecule has 1 aromatic rings. The number of rotatable bonds is 2. The third-order valence-corrected chi connectivity index (χ3v) is 3.92. The van der Waals surface area contributed by atoms with Crippen LogP contribution >= 0.6 is 0 Å². The topological polar surface area (TPSA) is 56.4 Å². The van der Waals surface area contributed by atoms with Crippen molar-refractivity contribution >= 4 is 11.5 Å². The van der Waals surface area contributed by atoms with Gasteiger partial charge in [-0.05, 0) is 32.2 Å². The smallest absolute Gasteiger partial charge is 0.384 e. The van der Waals surface area contributed by atoms with Gasteiger partial charge in [0.15, 0.2) is 0 Å². The van der Waals surface area contributed by atoms with Crippen molar-refractivity contribution in [2.45, 2.75) is 19.1 Å². The lowest BCUT2D eigenvalue weighted by molar-refractivity contribution is -0.137. The van der Waals surface area contributed by atoms with Crippen molar-refractivity contribution in [2.75, 3.05) is 31.6 Å². The van der Waals surface area contributed by atoms with Crippen molar-refractivity contribution < 1.29 is 13.2 Å². The van der Waals surface area contributed by atoms with Gasteiger partial charge in [-0.3, -0.25) is 5.41 Å². The summed E-state index contributed by atoms with van der Waals surface area (Å²) in [4.78, 5) is 4.11. The summed E-state index contributed by atoms with van der Waals surface area (Å²) in [6.45, 7) is 4.20. The van der Waals surface area contributed by atoms with E-state index in [4.69, 9.17) is 11.1 Å². The molecule has 0 saturated carbocycles. The van der Waals surface area contributed by atoms with Gasteiger partial charge in [-0.1, -0.05) is 0 Å². The van der Waals surface area contributed by atoms with E-state index in [2.05, 4.69) is 4.90 Å².